The number of amides is 1. The van der Waals surface area contributed by atoms with E-state index in [1.807, 2.05) is 11.1 Å². The summed E-state index contributed by atoms with van der Waals surface area (Å²) in [6.45, 7) is 0. The Balaban J connectivity index is 2.17. The molecule has 1 heterocycles. The fourth-order valence-electron chi connectivity index (χ4n) is 2.06. The summed E-state index contributed by atoms with van der Waals surface area (Å²) >= 11 is 0. The van der Waals surface area contributed by atoms with Gasteiger partial charge in [0, 0.05) is 19.7 Å². The number of ether oxygens (including phenoxy) is 1. The Morgan fingerprint density at radius 3 is 2.54 bits per heavy atom. The minimum Gasteiger partial charge on any atom is -0.371 e. The number of nitrogens with one attached hydrogen (secondary N) is 2. The minimum absolute atomic E-state index is 0.222. The third kappa shape index (κ3) is 4.45. The molecule has 0 fully saturated rings. The summed E-state index contributed by atoms with van der Waals surface area (Å²) in [7, 11) is 1.31. The van der Waals surface area contributed by atoms with Gasteiger partial charge in [-0.05, 0) is 11.6 Å². The van der Waals surface area contributed by atoms with Crippen molar-refractivity contribution < 1.29 is 22.7 Å². The maximum atomic E-state index is 12.7. The van der Waals surface area contributed by atoms with E-state index in [0.717, 1.165) is 5.56 Å². The quantitative estimate of drug-likeness (QED) is 0.879. The summed E-state index contributed by atoms with van der Waals surface area (Å²) in [6.07, 6.45) is -4.80. The molecule has 5 nitrogen and oxygen atoms in total. The number of halogens is 3. The molecule has 1 unspecified atom stereocenters. The number of benzene rings is 1. The molecule has 0 radical (unpaired) electrons. The molecule has 0 aliphatic heterocycles. The van der Waals surface area contributed by atoms with Crippen molar-refractivity contribution in [2.24, 2.45) is 0 Å². The second-order valence-electron chi connectivity index (χ2n) is 5.03. The number of pyridine rings is 1. The first-order valence-electron chi connectivity index (χ1n) is 6.99. The lowest BCUT2D eigenvalue weighted by molar-refractivity contribution is -0.137. The smallest absolute Gasteiger partial charge is 0.371 e. The van der Waals surface area contributed by atoms with Gasteiger partial charge in [0.05, 0.1) is 5.56 Å². The van der Waals surface area contributed by atoms with Crippen LogP contribution in [0.5, 0.6) is 0 Å². The highest BCUT2D eigenvalue weighted by Gasteiger charge is 2.31. The Kier molecular flexibility index (Phi) is 5.40. The molecule has 24 heavy (non-hydrogen) atoms. The van der Waals surface area contributed by atoms with Gasteiger partial charge in [-0.15, -0.1) is 0 Å². The summed E-state index contributed by atoms with van der Waals surface area (Å²) in [5, 5.41) is 2.19. The van der Waals surface area contributed by atoms with Gasteiger partial charge < -0.3 is 15.0 Å². The van der Waals surface area contributed by atoms with Gasteiger partial charge in [0.25, 0.3) is 11.5 Å². The van der Waals surface area contributed by atoms with Gasteiger partial charge >= 0.3 is 6.18 Å². The minimum atomic E-state index is -4.63. The van der Waals surface area contributed by atoms with Crippen LogP contribution in [0.3, 0.4) is 0 Å². The molecule has 1 aromatic heterocycles. The Hall–Kier alpha value is -2.61. The van der Waals surface area contributed by atoms with Crippen molar-refractivity contribution in [2.45, 2.75) is 18.7 Å². The first kappa shape index (κ1) is 17.7. The predicted molar refractivity (Wildman–Crippen MR) is 81.6 cm³/mol. The standard InChI is InChI=1S/C16H15F3N2O3/c1-24-13(7-10-5-3-2-4-6-10)15(23)21-12-8-11(16(17,18)19)9-20-14(12)22/h2-6,8-9,13H,7H2,1H3,(H,20,22)(H,21,23). The van der Waals surface area contributed by atoms with Crippen molar-refractivity contribution in [1.82, 2.24) is 4.98 Å². The fourth-order valence-corrected chi connectivity index (χ4v) is 2.06. The number of aromatic amines is 1. The number of carbonyl (C=O) groups excluding carboxylic acids is 1. The Morgan fingerprint density at radius 1 is 1.29 bits per heavy atom. The first-order valence-corrected chi connectivity index (χ1v) is 6.99. The highest BCUT2D eigenvalue weighted by Crippen LogP contribution is 2.29. The van der Waals surface area contributed by atoms with Crippen LogP contribution in [0.15, 0.2) is 47.4 Å². The second-order valence-corrected chi connectivity index (χ2v) is 5.03. The molecule has 2 rings (SSSR count). The van der Waals surface area contributed by atoms with Gasteiger partial charge in [0.15, 0.2) is 0 Å². The maximum Gasteiger partial charge on any atom is 0.417 e. The number of carbonyl (C=O) groups is 1. The fraction of sp³-hybridized carbons (Fsp3) is 0.250. The van der Waals surface area contributed by atoms with Crippen LogP contribution in [0.25, 0.3) is 0 Å². The Bertz CT molecular complexity index is 757. The van der Waals surface area contributed by atoms with Crippen LogP contribution in [0, 0.1) is 0 Å². The van der Waals surface area contributed by atoms with Crippen LogP contribution in [-0.4, -0.2) is 24.1 Å². The van der Waals surface area contributed by atoms with E-state index in [0.29, 0.717) is 12.3 Å². The van der Waals surface area contributed by atoms with Gasteiger partial charge in [-0.2, -0.15) is 13.2 Å². The summed E-state index contributed by atoms with van der Waals surface area (Å²) in [6, 6.07) is 9.56. The number of anilines is 1. The summed E-state index contributed by atoms with van der Waals surface area (Å²) in [5.41, 5.74) is -1.55. The normalized spacial score (nSPS) is 12.7. The number of hydrogen-bond acceptors (Lipinski definition) is 3. The lowest BCUT2D eigenvalue weighted by Crippen LogP contribution is -2.33. The molecule has 1 aromatic carbocycles. The van der Waals surface area contributed by atoms with Gasteiger partial charge in [-0.1, -0.05) is 30.3 Å². The lowest BCUT2D eigenvalue weighted by atomic mass is 10.1. The number of hydrogen-bond donors (Lipinski definition) is 2. The predicted octanol–water partition coefficient (Wildman–Crippen LogP) is 2.59. The molecule has 1 amide bonds. The molecule has 0 aliphatic carbocycles. The largest absolute Gasteiger partial charge is 0.417 e. The molecule has 0 spiro atoms. The van der Waals surface area contributed by atoms with Crippen molar-refractivity contribution in [3.8, 4) is 0 Å². The van der Waals surface area contributed by atoms with Gasteiger partial charge in [-0.3, -0.25) is 9.59 Å². The molecule has 1 atom stereocenters. The Morgan fingerprint density at radius 2 is 1.96 bits per heavy atom. The highest BCUT2D eigenvalue weighted by molar-refractivity contribution is 5.94. The number of alkyl halides is 3. The number of H-pyrrole nitrogens is 1. The topological polar surface area (TPSA) is 71.2 Å². The zero-order valence-corrected chi connectivity index (χ0v) is 12.7. The van der Waals surface area contributed by atoms with Gasteiger partial charge in [0.2, 0.25) is 0 Å². The number of aromatic nitrogens is 1. The zero-order chi connectivity index (χ0) is 17.7. The van der Waals surface area contributed by atoms with E-state index >= 15 is 0 Å². The maximum absolute atomic E-state index is 12.7. The van der Waals surface area contributed by atoms with E-state index in [1.165, 1.54) is 7.11 Å². The van der Waals surface area contributed by atoms with Crippen LogP contribution >= 0.6 is 0 Å². The van der Waals surface area contributed by atoms with Crippen molar-refractivity contribution in [1.29, 1.82) is 0 Å². The SMILES string of the molecule is COC(Cc1ccccc1)C(=O)Nc1cc(C(F)(F)F)c[nH]c1=O. The molecular weight excluding hydrogens is 325 g/mol. The molecule has 0 saturated heterocycles. The third-order valence-corrected chi connectivity index (χ3v) is 3.33. The van der Waals surface area contributed by atoms with Crippen LogP contribution in [0.4, 0.5) is 18.9 Å². The lowest BCUT2D eigenvalue weighted by Gasteiger charge is -2.15. The molecule has 2 N–H and O–H groups in total. The monoisotopic (exact) mass is 340 g/mol. The van der Waals surface area contributed by atoms with Crippen molar-refractivity contribution >= 4 is 11.6 Å². The summed E-state index contributed by atoms with van der Waals surface area (Å²) < 4.78 is 43.1. The zero-order valence-electron chi connectivity index (χ0n) is 12.7. The summed E-state index contributed by atoms with van der Waals surface area (Å²) in [5.74, 6) is -0.703. The molecule has 0 aliphatic rings. The first-order chi connectivity index (χ1) is 11.3. The van der Waals surface area contributed by atoms with E-state index in [9.17, 15) is 22.8 Å². The van der Waals surface area contributed by atoms with Crippen molar-refractivity contribution in [2.75, 3.05) is 12.4 Å². The second kappa shape index (κ2) is 7.31. The number of rotatable bonds is 5. The molecule has 0 bridgehead atoms. The molecule has 0 saturated carbocycles. The number of methoxy groups -OCH3 is 1. The molecule has 128 valence electrons. The molecule has 8 heteroatoms. The van der Waals surface area contributed by atoms with E-state index in [-0.39, 0.29) is 6.42 Å². The third-order valence-electron chi connectivity index (χ3n) is 3.33. The van der Waals surface area contributed by atoms with Crippen LogP contribution in [-0.2, 0) is 22.1 Å². The van der Waals surface area contributed by atoms with Crippen LogP contribution in [0.2, 0.25) is 0 Å². The molecular formula is C16H15F3N2O3. The van der Waals surface area contributed by atoms with Crippen LogP contribution < -0.4 is 10.9 Å². The Labute approximate surface area is 135 Å². The van der Waals surface area contributed by atoms with Gasteiger partial charge in [-0.25, -0.2) is 0 Å². The van der Waals surface area contributed by atoms with E-state index < -0.39 is 35.0 Å². The summed E-state index contributed by atoms with van der Waals surface area (Å²) in [4.78, 5) is 25.8. The van der Waals surface area contributed by atoms with Crippen molar-refractivity contribution in [3.05, 3.63) is 64.1 Å². The molecule has 2 aromatic rings. The van der Waals surface area contributed by atoms with Crippen molar-refractivity contribution in [3.63, 3.8) is 0 Å². The average Bonchev–Trinajstić information content (AvgIpc) is 2.54. The average molecular weight is 340 g/mol. The van der Waals surface area contributed by atoms with Crippen LogP contribution in [0.1, 0.15) is 11.1 Å². The van der Waals surface area contributed by atoms with E-state index in [1.54, 1.807) is 24.3 Å². The van der Waals surface area contributed by atoms with E-state index in [2.05, 4.69) is 5.32 Å². The van der Waals surface area contributed by atoms with E-state index in [4.69, 9.17) is 4.74 Å². The highest BCUT2D eigenvalue weighted by atomic mass is 19.4. The van der Waals surface area contributed by atoms with Gasteiger partial charge in [0.1, 0.15) is 11.8 Å².